The maximum Gasteiger partial charge on any atom is 0.278 e. The quantitative estimate of drug-likeness (QED) is 0.257. The van der Waals surface area contributed by atoms with Crippen molar-refractivity contribution < 1.29 is 23.0 Å². The van der Waals surface area contributed by atoms with Crippen LogP contribution in [0.5, 0.6) is 0 Å². The summed E-state index contributed by atoms with van der Waals surface area (Å²) in [5.41, 5.74) is 4.18. The molecule has 3 nitrogen and oxygen atoms in total. The summed E-state index contributed by atoms with van der Waals surface area (Å²) in [6.45, 7) is 6.97. The molecular formula is C29H39ClF2O3. The van der Waals surface area contributed by atoms with Crippen molar-refractivity contribution in [1.82, 2.24) is 0 Å². The molecule has 0 N–H and O–H groups in total. The average molecular weight is 509 g/mol. The second-order valence-corrected chi connectivity index (χ2v) is 9.81. The number of alkyl halides is 2. The summed E-state index contributed by atoms with van der Waals surface area (Å²) in [5, 5.41) is 0.650. The monoisotopic (exact) mass is 508 g/mol. The molecule has 0 aliphatic carbocycles. The normalized spacial score (nSPS) is 21.8. The predicted octanol–water partition coefficient (Wildman–Crippen LogP) is 7.96. The minimum Gasteiger partial charge on any atom is -0.379 e. The fourth-order valence-corrected chi connectivity index (χ4v) is 4.49. The average Bonchev–Trinajstić information content (AvgIpc) is 2.84. The summed E-state index contributed by atoms with van der Waals surface area (Å²) in [4.78, 5) is 0. The van der Waals surface area contributed by atoms with Gasteiger partial charge in [0, 0.05) is 24.7 Å². The van der Waals surface area contributed by atoms with Crippen LogP contribution < -0.4 is 0 Å². The fourth-order valence-electron chi connectivity index (χ4n) is 4.31. The van der Waals surface area contributed by atoms with Gasteiger partial charge in [-0.1, -0.05) is 81.6 Å². The Morgan fingerprint density at radius 1 is 0.971 bits per heavy atom. The molecule has 1 aliphatic heterocycles. The minimum absolute atomic E-state index is 0.130. The Morgan fingerprint density at radius 2 is 1.66 bits per heavy atom. The van der Waals surface area contributed by atoms with Gasteiger partial charge in [-0.3, -0.25) is 0 Å². The van der Waals surface area contributed by atoms with E-state index < -0.39 is 24.2 Å². The molecule has 1 saturated heterocycles. The molecule has 0 spiro atoms. The number of unbranched alkanes of at least 4 members (excludes halogenated alkanes) is 2. The first-order valence-corrected chi connectivity index (χ1v) is 13.3. The number of hydrogen-bond acceptors (Lipinski definition) is 3. The molecule has 6 heteroatoms. The Kier molecular flexibility index (Phi) is 11.0. The Bertz CT molecular complexity index is 903. The van der Waals surface area contributed by atoms with Gasteiger partial charge in [-0.2, -0.15) is 0 Å². The molecule has 0 amide bonds. The minimum atomic E-state index is -3.02. The SMILES string of the molecule is CCCCOCC1OC(c2ccc(Cl)c(Cc3ccc(CC)cc3)c2)C(OCCCC)CC1(F)F. The van der Waals surface area contributed by atoms with Gasteiger partial charge in [-0.25, -0.2) is 8.78 Å². The van der Waals surface area contributed by atoms with Crippen LogP contribution in [0, 0.1) is 0 Å². The van der Waals surface area contributed by atoms with E-state index in [1.807, 2.05) is 25.1 Å². The van der Waals surface area contributed by atoms with Gasteiger partial charge in [-0.05, 0) is 54.0 Å². The molecule has 194 valence electrons. The highest BCUT2D eigenvalue weighted by molar-refractivity contribution is 6.31. The van der Waals surface area contributed by atoms with Crippen molar-refractivity contribution in [3.05, 3.63) is 69.7 Å². The number of aryl methyl sites for hydroxylation is 1. The lowest BCUT2D eigenvalue weighted by Gasteiger charge is -2.41. The van der Waals surface area contributed by atoms with E-state index >= 15 is 8.78 Å². The van der Waals surface area contributed by atoms with E-state index in [2.05, 4.69) is 38.1 Å². The van der Waals surface area contributed by atoms with Crippen LogP contribution in [0.2, 0.25) is 5.02 Å². The third-order valence-electron chi connectivity index (χ3n) is 6.56. The summed E-state index contributed by atoms with van der Waals surface area (Å²) in [6.07, 6.45) is 2.15. The Morgan fingerprint density at radius 3 is 2.34 bits per heavy atom. The zero-order chi connectivity index (χ0) is 25.3. The van der Waals surface area contributed by atoms with Gasteiger partial charge in [0.2, 0.25) is 0 Å². The van der Waals surface area contributed by atoms with Crippen LogP contribution in [0.15, 0.2) is 42.5 Å². The topological polar surface area (TPSA) is 27.7 Å². The fraction of sp³-hybridized carbons (Fsp3) is 0.586. The molecule has 1 heterocycles. The van der Waals surface area contributed by atoms with E-state index in [1.54, 1.807) is 0 Å². The summed E-state index contributed by atoms with van der Waals surface area (Å²) in [6, 6.07) is 14.2. The second kappa shape index (κ2) is 13.7. The first kappa shape index (κ1) is 28.0. The van der Waals surface area contributed by atoms with Crippen molar-refractivity contribution in [1.29, 1.82) is 0 Å². The van der Waals surface area contributed by atoms with Gasteiger partial charge in [0.15, 0.2) is 0 Å². The molecule has 1 aliphatic rings. The molecule has 2 aromatic rings. The zero-order valence-corrected chi connectivity index (χ0v) is 22.0. The third kappa shape index (κ3) is 7.98. The van der Waals surface area contributed by atoms with Crippen LogP contribution in [0.1, 0.15) is 81.2 Å². The number of halogens is 3. The first-order chi connectivity index (χ1) is 16.9. The van der Waals surface area contributed by atoms with Crippen LogP contribution in [0.3, 0.4) is 0 Å². The number of benzene rings is 2. The molecule has 2 aromatic carbocycles. The van der Waals surface area contributed by atoms with Crippen molar-refractivity contribution >= 4 is 11.6 Å². The summed E-state index contributed by atoms with van der Waals surface area (Å²) in [7, 11) is 0. The molecule has 0 aromatic heterocycles. The van der Waals surface area contributed by atoms with E-state index in [0.717, 1.165) is 48.8 Å². The van der Waals surface area contributed by atoms with Gasteiger partial charge >= 0.3 is 0 Å². The second-order valence-electron chi connectivity index (χ2n) is 9.40. The van der Waals surface area contributed by atoms with E-state index in [4.69, 9.17) is 25.8 Å². The lowest BCUT2D eigenvalue weighted by atomic mass is 9.91. The molecular weight excluding hydrogens is 470 g/mol. The number of hydrogen-bond donors (Lipinski definition) is 0. The van der Waals surface area contributed by atoms with Crippen LogP contribution >= 0.6 is 11.6 Å². The molecule has 1 fully saturated rings. The van der Waals surface area contributed by atoms with Crippen molar-refractivity contribution in [2.24, 2.45) is 0 Å². The zero-order valence-electron chi connectivity index (χ0n) is 21.2. The number of rotatable bonds is 13. The van der Waals surface area contributed by atoms with Gasteiger partial charge in [0.1, 0.15) is 12.2 Å². The van der Waals surface area contributed by atoms with Crippen molar-refractivity contribution in [3.8, 4) is 0 Å². The Hall–Kier alpha value is -1.53. The van der Waals surface area contributed by atoms with Gasteiger partial charge < -0.3 is 14.2 Å². The van der Waals surface area contributed by atoms with Crippen LogP contribution in [0.4, 0.5) is 8.78 Å². The molecule has 0 saturated carbocycles. The standard InChI is InChI=1S/C29H39ClF2O3/c1-4-7-15-33-20-27-29(31,32)19-26(34-16-8-5-2)28(35-27)23-13-14-25(30)24(18-23)17-22-11-9-21(6-3)10-12-22/h9-14,18,26-28H,4-8,15-17,19-20H2,1-3H3. The molecule has 35 heavy (non-hydrogen) atoms. The van der Waals surface area contributed by atoms with Crippen molar-refractivity contribution in [3.63, 3.8) is 0 Å². The number of ether oxygens (including phenoxy) is 3. The van der Waals surface area contributed by atoms with Crippen molar-refractivity contribution in [2.45, 2.75) is 90.0 Å². The molecule has 3 atom stereocenters. The van der Waals surface area contributed by atoms with E-state index in [1.165, 1.54) is 5.56 Å². The van der Waals surface area contributed by atoms with Gasteiger partial charge in [-0.15, -0.1) is 0 Å². The van der Waals surface area contributed by atoms with E-state index in [9.17, 15) is 0 Å². The van der Waals surface area contributed by atoms with Crippen LogP contribution in [-0.4, -0.2) is 38.0 Å². The molecule has 0 bridgehead atoms. The highest BCUT2D eigenvalue weighted by Gasteiger charge is 2.51. The summed E-state index contributed by atoms with van der Waals surface area (Å²) in [5.74, 6) is -3.02. The largest absolute Gasteiger partial charge is 0.379 e. The first-order valence-electron chi connectivity index (χ1n) is 13.0. The molecule has 0 radical (unpaired) electrons. The molecule has 3 rings (SSSR count). The lowest BCUT2D eigenvalue weighted by Crippen LogP contribution is -2.50. The third-order valence-corrected chi connectivity index (χ3v) is 6.93. The maximum atomic E-state index is 15.0. The Labute approximate surface area is 214 Å². The van der Waals surface area contributed by atoms with Crippen LogP contribution in [-0.2, 0) is 27.1 Å². The lowest BCUT2D eigenvalue weighted by molar-refractivity contribution is -0.258. The highest BCUT2D eigenvalue weighted by Crippen LogP contribution is 2.43. The predicted molar refractivity (Wildman–Crippen MR) is 138 cm³/mol. The maximum absolute atomic E-state index is 15.0. The van der Waals surface area contributed by atoms with Gasteiger partial charge in [0.05, 0.1) is 12.7 Å². The summed E-state index contributed by atoms with van der Waals surface area (Å²) < 4.78 is 47.6. The Balaban J connectivity index is 1.82. The van der Waals surface area contributed by atoms with Gasteiger partial charge in [0.25, 0.3) is 5.92 Å². The van der Waals surface area contributed by atoms with Crippen LogP contribution in [0.25, 0.3) is 0 Å². The smallest absolute Gasteiger partial charge is 0.278 e. The van der Waals surface area contributed by atoms with Crippen molar-refractivity contribution in [2.75, 3.05) is 19.8 Å². The highest BCUT2D eigenvalue weighted by atomic mass is 35.5. The molecule has 3 unspecified atom stereocenters. The van der Waals surface area contributed by atoms with E-state index in [-0.39, 0.29) is 13.0 Å². The van der Waals surface area contributed by atoms with E-state index in [0.29, 0.717) is 24.7 Å². The summed E-state index contributed by atoms with van der Waals surface area (Å²) >= 11 is 6.54.